The van der Waals surface area contributed by atoms with Gasteiger partial charge in [-0.25, -0.2) is 9.36 Å². The lowest BCUT2D eigenvalue weighted by atomic mass is 10.1. The molecule has 0 saturated carbocycles. The van der Waals surface area contributed by atoms with Gasteiger partial charge in [0.05, 0.1) is 16.8 Å². The number of aryl methyl sites for hydroxylation is 2. The van der Waals surface area contributed by atoms with E-state index in [4.69, 9.17) is 0 Å². The Bertz CT molecular complexity index is 1320. The first-order chi connectivity index (χ1) is 14.4. The van der Waals surface area contributed by atoms with Crippen molar-refractivity contribution in [1.82, 2.24) is 30.0 Å². The van der Waals surface area contributed by atoms with Gasteiger partial charge in [0.25, 0.3) is 5.56 Å². The molecular weight excluding hydrogens is 470 g/mol. The highest BCUT2D eigenvalue weighted by Crippen LogP contribution is 2.33. The Morgan fingerprint density at radius 2 is 1.97 bits per heavy atom. The zero-order valence-corrected chi connectivity index (χ0v) is 18.4. The third-order valence-corrected chi connectivity index (χ3v) is 5.94. The van der Waals surface area contributed by atoms with Crippen LogP contribution < -0.4 is 10.9 Å². The molecule has 0 aliphatic heterocycles. The molecule has 0 aliphatic carbocycles. The largest absolute Gasteiger partial charge is 0.323 e. The van der Waals surface area contributed by atoms with Gasteiger partial charge in [-0.2, -0.15) is 5.10 Å². The maximum Gasteiger partial charge on any atom is 0.275 e. The minimum absolute atomic E-state index is 0.202. The predicted octanol–water partition coefficient (Wildman–Crippen LogP) is 2.78. The van der Waals surface area contributed by atoms with Crippen LogP contribution >= 0.6 is 27.7 Å². The van der Waals surface area contributed by atoms with Crippen LogP contribution in [0.15, 0.2) is 61.8 Å². The van der Waals surface area contributed by atoms with E-state index in [1.807, 2.05) is 31.2 Å². The van der Waals surface area contributed by atoms with Gasteiger partial charge in [-0.15, -0.1) is 5.10 Å². The molecular formula is C19H16BrN7O2S. The number of amides is 1. The summed E-state index contributed by atoms with van der Waals surface area (Å²) in [6, 6.07) is 12.7. The Kier molecular flexibility index (Phi) is 5.64. The summed E-state index contributed by atoms with van der Waals surface area (Å²) >= 11 is 4.74. The minimum Gasteiger partial charge on any atom is -0.323 e. The lowest BCUT2D eigenvalue weighted by molar-refractivity contribution is -0.117. The molecule has 4 rings (SSSR count). The molecule has 0 radical (unpaired) electrons. The van der Waals surface area contributed by atoms with Gasteiger partial charge in [0, 0.05) is 21.8 Å². The summed E-state index contributed by atoms with van der Waals surface area (Å²) in [7, 11) is 1.74. The molecule has 152 valence electrons. The molecule has 2 heterocycles. The SMILES string of the molecule is Cc1nn(CC(=O)Nc2cc(Br)ccc2Sc2nnnn2C)c(=O)c2ccccc12. The zero-order valence-electron chi connectivity index (χ0n) is 16.0. The summed E-state index contributed by atoms with van der Waals surface area (Å²) in [5.41, 5.74) is 0.958. The first kappa shape index (κ1) is 20.2. The topological polar surface area (TPSA) is 108 Å². The summed E-state index contributed by atoms with van der Waals surface area (Å²) in [6.45, 7) is 1.61. The molecule has 9 nitrogen and oxygen atoms in total. The van der Waals surface area contributed by atoms with Crippen molar-refractivity contribution in [2.45, 2.75) is 23.5 Å². The van der Waals surface area contributed by atoms with E-state index in [9.17, 15) is 9.59 Å². The number of halogens is 1. The normalized spacial score (nSPS) is 11.0. The first-order valence-corrected chi connectivity index (χ1v) is 10.5. The second kappa shape index (κ2) is 8.36. The number of benzene rings is 2. The Morgan fingerprint density at radius 1 is 1.20 bits per heavy atom. The lowest BCUT2D eigenvalue weighted by Crippen LogP contribution is -2.30. The van der Waals surface area contributed by atoms with Crippen molar-refractivity contribution < 1.29 is 4.79 Å². The van der Waals surface area contributed by atoms with Gasteiger partial charge < -0.3 is 5.32 Å². The van der Waals surface area contributed by atoms with E-state index in [1.165, 1.54) is 16.4 Å². The van der Waals surface area contributed by atoms with E-state index >= 15 is 0 Å². The quantitative estimate of drug-likeness (QED) is 0.462. The Balaban J connectivity index is 1.60. The third kappa shape index (κ3) is 4.12. The molecule has 0 saturated heterocycles. The van der Waals surface area contributed by atoms with Crippen molar-refractivity contribution in [2.75, 3.05) is 5.32 Å². The molecule has 11 heteroatoms. The number of anilines is 1. The summed E-state index contributed by atoms with van der Waals surface area (Å²) in [5, 5.41) is 20.4. The smallest absolute Gasteiger partial charge is 0.275 e. The van der Waals surface area contributed by atoms with E-state index in [2.05, 4.69) is 41.9 Å². The van der Waals surface area contributed by atoms with Crippen molar-refractivity contribution in [3.05, 3.63) is 63.0 Å². The number of hydrogen-bond donors (Lipinski definition) is 1. The molecule has 0 aliphatic rings. The Morgan fingerprint density at radius 3 is 2.70 bits per heavy atom. The molecule has 2 aromatic heterocycles. The van der Waals surface area contributed by atoms with Crippen LogP contribution in [-0.4, -0.2) is 35.9 Å². The Hall–Kier alpha value is -3.05. The van der Waals surface area contributed by atoms with Gasteiger partial charge in [-0.05, 0) is 53.4 Å². The fourth-order valence-electron chi connectivity index (χ4n) is 2.93. The standard InChI is InChI=1S/C19H16BrN7O2S/c1-11-13-5-3-4-6-14(13)18(29)27(23-11)10-17(28)21-15-9-12(20)7-8-16(15)30-19-22-24-25-26(19)2/h3-9H,10H2,1-2H3,(H,21,28). The summed E-state index contributed by atoms with van der Waals surface area (Å²) in [4.78, 5) is 26.2. The number of tetrazole rings is 1. The average molecular weight is 486 g/mol. The number of nitrogens with one attached hydrogen (secondary N) is 1. The number of fused-ring (bicyclic) bond motifs is 1. The molecule has 2 aromatic carbocycles. The van der Waals surface area contributed by atoms with E-state index in [0.29, 0.717) is 21.9 Å². The highest BCUT2D eigenvalue weighted by Gasteiger charge is 2.15. The van der Waals surface area contributed by atoms with E-state index in [1.54, 1.807) is 29.9 Å². The summed E-state index contributed by atoms with van der Waals surface area (Å²) in [6.07, 6.45) is 0. The van der Waals surface area contributed by atoms with Crippen LogP contribution in [0.1, 0.15) is 5.69 Å². The molecule has 0 bridgehead atoms. The summed E-state index contributed by atoms with van der Waals surface area (Å²) < 4.78 is 3.53. The van der Waals surface area contributed by atoms with Gasteiger partial charge in [0.2, 0.25) is 11.1 Å². The molecule has 0 unspecified atom stereocenters. The maximum absolute atomic E-state index is 12.7. The monoisotopic (exact) mass is 485 g/mol. The lowest BCUT2D eigenvalue weighted by Gasteiger charge is -2.12. The maximum atomic E-state index is 12.7. The van der Waals surface area contributed by atoms with Crippen LogP contribution in [0.4, 0.5) is 5.69 Å². The molecule has 0 atom stereocenters. The molecule has 0 fully saturated rings. The third-order valence-electron chi connectivity index (χ3n) is 4.34. The van der Waals surface area contributed by atoms with E-state index < -0.39 is 0 Å². The molecule has 30 heavy (non-hydrogen) atoms. The number of carbonyl (C=O) groups excluding carboxylic acids is 1. The minimum atomic E-state index is -0.365. The van der Waals surface area contributed by atoms with Crippen LogP contribution in [0.2, 0.25) is 0 Å². The number of aromatic nitrogens is 6. The fourth-order valence-corrected chi connectivity index (χ4v) is 4.09. The van der Waals surface area contributed by atoms with E-state index in [0.717, 1.165) is 14.8 Å². The van der Waals surface area contributed by atoms with Gasteiger partial charge >= 0.3 is 0 Å². The number of carbonyl (C=O) groups is 1. The van der Waals surface area contributed by atoms with Crippen LogP contribution in [0.25, 0.3) is 10.8 Å². The van der Waals surface area contributed by atoms with Crippen molar-refractivity contribution >= 4 is 50.1 Å². The summed E-state index contributed by atoms with van der Waals surface area (Å²) in [5.74, 6) is -0.365. The number of rotatable bonds is 5. The zero-order chi connectivity index (χ0) is 21.3. The average Bonchev–Trinajstić information content (AvgIpc) is 3.12. The van der Waals surface area contributed by atoms with E-state index in [-0.39, 0.29) is 18.0 Å². The van der Waals surface area contributed by atoms with Crippen LogP contribution in [0.3, 0.4) is 0 Å². The van der Waals surface area contributed by atoms with Crippen molar-refractivity contribution in [3.8, 4) is 0 Å². The van der Waals surface area contributed by atoms with Gasteiger partial charge in [0.1, 0.15) is 6.54 Å². The fraction of sp³-hybridized carbons (Fsp3) is 0.158. The van der Waals surface area contributed by atoms with Crippen molar-refractivity contribution in [2.24, 2.45) is 7.05 Å². The highest BCUT2D eigenvalue weighted by molar-refractivity contribution is 9.10. The predicted molar refractivity (Wildman–Crippen MR) is 116 cm³/mol. The van der Waals surface area contributed by atoms with Crippen LogP contribution in [0, 0.1) is 6.92 Å². The number of hydrogen-bond acceptors (Lipinski definition) is 7. The van der Waals surface area contributed by atoms with Crippen molar-refractivity contribution in [1.29, 1.82) is 0 Å². The second-order valence-electron chi connectivity index (χ2n) is 6.47. The van der Waals surface area contributed by atoms with Crippen LogP contribution in [-0.2, 0) is 18.4 Å². The first-order valence-electron chi connectivity index (χ1n) is 8.88. The van der Waals surface area contributed by atoms with Gasteiger partial charge in [-0.1, -0.05) is 34.1 Å². The molecule has 1 N–H and O–H groups in total. The molecule has 0 spiro atoms. The highest BCUT2D eigenvalue weighted by atomic mass is 79.9. The second-order valence-corrected chi connectivity index (χ2v) is 8.39. The Labute approximate surface area is 183 Å². The van der Waals surface area contributed by atoms with Crippen molar-refractivity contribution in [3.63, 3.8) is 0 Å². The van der Waals surface area contributed by atoms with Crippen LogP contribution in [0.5, 0.6) is 0 Å². The molecule has 1 amide bonds. The van der Waals surface area contributed by atoms with Gasteiger partial charge in [0.15, 0.2) is 0 Å². The molecule has 4 aromatic rings. The van der Waals surface area contributed by atoms with Gasteiger partial charge in [-0.3, -0.25) is 9.59 Å². The number of nitrogens with zero attached hydrogens (tertiary/aromatic N) is 6.